The summed E-state index contributed by atoms with van der Waals surface area (Å²) >= 11 is 0. The Bertz CT molecular complexity index is 1010. The third kappa shape index (κ3) is 5.15. The Balaban J connectivity index is 1.83. The van der Waals surface area contributed by atoms with Crippen LogP contribution in [-0.4, -0.2) is 56.0 Å². The van der Waals surface area contributed by atoms with Gasteiger partial charge in [0.05, 0.1) is 20.6 Å². The average molecular weight is 440 g/mol. The van der Waals surface area contributed by atoms with Crippen molar-refractivity contribution < 1.29 is 28.7 Å². The lowest BCUT2D eigenvalue weighted by molar-refractivity contribution is -0.138. The van der Waals surface area contributed by atoms with Crippen LogP contribution in [0.4, 0.5) is 10.5 Å². The Hall–Kier alpha value is -4.08. The quantitative estimate of drug-likeness (QED) is 0.534. The maximum absolute atomic E-state index is 13.2. The van der Waals surface area contributed by atoms with Crippen molar-refractivity contribution in [2.24, 2.45) is 0 Å². The smallest absolute Gasteiger partial charge is 0.322 e. The molecule has 5 amide bonds. The molecule has 3 N–H and O–H groups in total. The minimum atomic E-state index is -0.990. The molecular weight excluding hydrogens is 416 g/mol. The fourth-order valence-corrected chi connectivity index (χ4v) is 3.29. The van der Waals surface area contributed by atoms with Crippen molar-refractivity contribution in [2.75, 3.05) is 26.6 Å². The molecule has 1 aliphatic rings. The SMILES string of the molecule is COc1ccc(NC(=O)[C@@H](c2ccc(OC)cc2)N(C)C(=O)C[C@H]2NC(=O)NC2=O)cc1. The number of anilines is 1. The number of hydrogen-bond acceptors (Lipinski definition) is 6. The lowest BCUT2D eigenvalue weighted by Gasteiger charge is -2.28. The number of ether oxygens (including phenoxy) is 2. The highest BCUT2D eigenvalue weighted by molar-refractivity contribution is 6.06. The largest absolute Gasteiger partial charge is 0.497 e. The van der Waals surface area contributed by atoms with Crippen molar-refractivity contribution in [3.8, 4) is 11.5 Å². The zero-order chi connectivity index (χ0) is 23.3. The number of nitrogens with zero attached hydrogens (tertiary/aromatic N) is 1. The molecule has 0 bridgehead atoms. The number of rotatable bonds is 8. The number of amides is 5. The summed E-state index contributed by atoms with van der Waals surface area (Å²) in [6.45, 7) is 0. The number of hydrogen-bond donors (Lipinski definition) is 3. The van der Waals surface area contributed by atoms with Gasteiger partial charge in [-0.15, -0.1) is 0 Å². The molecule has 1 saturated heterocycles. The molecule has 2 aromatic rings. The van der Waals surface area contributed by atoms with Gasteiger partial charge in [0.1, 0.15) is 23.6 Å². The first-order chi connectivity index (χ1) is 15.3. The second kappa shape index (κ2) is 9.82. The summed E-state index contributed by atoms with van der Waals surface area (Å²) in [5, 5.41) is 7.27. The highest BCUT2D eigenvalue weighted by Crippen LogP contribution is 2.26. The standard InChI is InChI=1S/C22H24N4O6/c1-26(18(27)12-17-20(28)25-22(30)24-17)19(13-4-8-15(31-2)9-5-13)21(29)23-14-6-10-16(32-3)11-7-14/h4-11,17,19H,12H2,1-3H3,(H,23,29)(H2,24,25,28,30)/t17-,19-/m1/s1. The summed E-state index contributed by atoms with van der Waals surface area (Å²) in [7, 11) is 4.54. The molecule has 0 aliphatic carbocycles. The van der Waals surface area contributed by atoms with Gasteiger partial charge in [-0.2, -0.15) is 0 Å². The lowest BCUT2D eigenvalue weighted by atomic mass is 10.0. The van der Waals surface area contributed by atoms with E-state index in [2.05, 4.69) is 16.0 Å². The highest BCUT2D eigenvalue weighted by Gasteiger charge is 2.35. The molecule has 32 heavy (non-hydrogen) atoms. The van der Waals surface area contributed by atoms with E-state index in [1.807, 2.05) is 0 Å². The summed E-state index contributed by atoms with van der Waals surface area (Å²) in [5.41, 5.74) is 1.07. The van der Waals surface area contributed by atoms with Crippen LogP contribution < -0.4 is 25.4 Å². The average Bonchev–Trinajstić information content (AvgIpc) is 3.11. The van der Waals surface area contributed by atoms with Gasteiger partial charge in [0.2, 0.25) is 5.91 Å². The maximum Gasteiger partial charge on any atom is 0.322 e. The number of carbonyl (C=O) groups excluding carboxylic acids is 4. The van der Waals surface area contributed by atoms with Crippen LogP contribution in [0.25, 0.3) is 0 Å². The Morgan fingerprint density at radius 2 is 1.56 bits per heavy atom. The molecule has 3 rings (SSSR count). The minimum Gasteiger partial charge on any atom is -0.497 e. The highest BCUT2D eigenvalue weighted by atomic mass is 16.5. The Morgan fingerprint density at radius 3 is 2.06 bits per heavy atom. The third-order valence-corrected chi connectivity index (χ3v) is 5.06. The van der Waals surface area contributed by atoms with Crippen LogP contribution in [0.5, 0.6) is 11.5 Å². The molecule has 0 saturated carbocycles. The van der Waals surface area contributed by atoms with Crippen molar-refractivity contribution in [2.45, 2.75) is 18.5 Å². The van der Waals surface area contributed by atoms with Gasteiger partial charge in [0.15, 0.2) is 0 Å². The molecule has 0 radical (unpaired) electrons. The zero-order valence-electron chi connectivity index (χ0n) is 17.9. The summed E-state index contributed by atoms with van der Waals surface area (Å²) in [5.74, 6) is -0.282. The Morgan fingerprint density at radius 1 is 1.00 bits per heavy atom. The molecule has 0 unspecified atom stereocenters. The van der Waals surface area contributed by atoms with Crippen molar-refractivity contribution in [1.29, 1.82) is 0 Å². The first kappa shape index (κ1) is 22.6. The lowest BCUT2D eigenvalue weighted by Crippen LogP contribution is -2.42. The molecule has 0 aromatic heterocycles. The van der Waals surface area contributed by atoms with E-state index in [-0.39, 0.29) is 6.42 Å². The van der Waals surface area contributed by atoms with Gasteiger partial charge < -0.3 is 25.0 Å². The second-order valence-corrected chi connectivity index (χ2v) is 7.12. The normalized spacial score (nSPS) is 15.9. The maximum atomic E-state index is 13.2. The molecule has 0 spiro atoms. The van der Waals surface area contributed by atoms with E-state index < -0.39 is 35.8 Å². The fraction of sp³-hybridized carbons (Fsp3) is 0.273. The second-order valence-electron chi connectivity index (χ2n) is 7.12. The van der Waals surface area contributed by atoms with Crippen LogP contribution in [0.2, 0.25) is 0 Å². The predicted octanol–water partition coefficient (Wildman–Crippen LogP) is 1.44. The van der Waals surface area contributed by atoms with E-state index in [1.165, 1.54) is 19.1 Å². The van der Waals surface area contributed by atoms with Gasteiger partial charge in [0, 0.05) is 12.7 Å². The predicted molar refractivity (Wildman–Crippen MR) is 115 cm³/mol. The van der Waals surface area contributed by atoms with Crippen LogP contribution in [-0.2, 0) is 14.4 Å². The van der Waals surface area contributed by atoms with E-state index >= 15 is 0 Å². The van der Waals surface area contributed by atoms with E-state index in [9.17, 15) is 19.2 Å². The van der Waals surface area contributed by atoms with Gasteiger partial charge in [-0.1, -0.05) is 12.1 Å². The summed E-state index contributed by atoms with van der Waals surface area (Å²) in [4.78, 5) is 50.5. The van der Waals surface area contributed by atoms with Crippen LogP contribution in [0.1, 0.15) is 18.0 Å². The molecule has 1 heterocycles. The summed E-state index contributed by atoms with van der Waals surface area (Å²) in [6, 6.07) is 10.9. The zero-order valence-corrected chi connectivity index (χ0v) is 17.9. The number of urea groups is 1. The Kier molecular flexibility index (Phi) is 6.93. The molecule has 2 aromatic carbocycles. The van der Waals surface area contributed by atoms with Gasteiger partial charge in [-0.3, -0.25) is 19.7 Å². The Labute approximate surface area is 184 Å². The summed E-state index contributed by atoms with van der Waals surface area (Å²) in [6.07, 6.45) is -0.281. The van der Waals surface area contributed by atoms with Crippen molar-refractivity contribution >= 4 is 29.4 Å². The monoisotopic (exact) mass is 440 g/mol. The van der Waals surface area contributed by atoms with E-state index in [1.54, 1.807) is 55.6 Å². The van der Waals surface area contributed by atoms with Crippen molar-refractivity contribution in [3.05, 3.63) is 54.1 Å². The third-order valence-electron chi connectivity index (χ3n) is 5.06. The number of carbonyl (C=O) groups is 4. The van der Waals surface area contributed by atoms with E-state index in [0.29, 0.717) is 22.7 Å². The topological polar surface area (TPSA) is 126 Å². The van der Waals surface area contributed by atoms with Crippen molar-refractivity contribution in [3.63, 3.8) is 0 Å². The molecule has 10 nitrogen and oxygen atoms in total. The van der Waals surface area contributed by atoms with Gasteiger partial charge >= 0.3 is 6.03 Å². The van der Waals surface area contributed by atoms with E-state index in [0.717, 1.165) is 0 Å². The van der Waals surface area contributed by atoms with Crippen LogP contribution in [0.3, 0.4) is 0 Å². The minimum absolute atomic E-state index is 0.281. The molecular formula is C22H24N4O6. The van der Waals surface area contributed by atoms with Crippen LogP contribution in [0, 0.1) is 0 Å². The van der Waals surface area contributed by atoms with Gasteiger partial charge in [0.25, 0.3) is 11.8 Å². The number of imide groups is 1. The molecule has 1 fully saturated rings. The number of likely N-dealkylation sites (N-methyl/N-ethyl adjacent to an activating group) is 1. The molecule has 2 atom stereocenters. The molecule has 10 heteroatoms. The number of benzene rings is 2. The first-order valence-corrected chi connectivity index (χ1v) is 9.78. The molecule has 1 aliphatic heterocycles. The number of methoxy groups -OCH3 is 2. The van der Waals surface area contributed by atoms with Crippen LogP contribution in [0.15, 0.2) is 48.5 Å². The molecule has 168 valence electrons. The fourth-order valence-electron chi connectivity index (χ4n) is 3.29. The summed E-state index contributed by atoms with van der Waals surface area (Å²) < 4.78 is 10.3. The first-order valence-electron chi connectivity index (χ1n) is 9.78. The van der Waals surface area contributed by atoms with Gasteiger partial charge in [-0.05, 0) is 42.0 Å². The van der Waals surface area contributed by atoms with Gasteiger partial charge in [-0.25, -0.2) is 4.79 Å². The van der Waals surface area contributed by atoms with Crippen molar-refractivity contribution in [1.82, 2.24) is 15.5 Å². The number of nitrogens with one attached hydrogen (secondary N) is 3. The van der Waals surface area contributed by atoms with E-state index in [4.69, 9.17) is 9.47 Å². The van der Waals surface area contributed by atoms with Crippen LogP contribution >= 0.6 is 0 Å².